The minimum absolute atomic E-state index is 0.0490. The molecular weight excluding hydrogens is 296 g/mol. The fraction of sp³-hybridized carbons (Fsp3) is 0.312. The van der Waals surface area contributed by atoms with Crippen LogP contribution in [-0.2, 0) is 7.05 Å². The number of carbonyl (C=O) groups is 1. The van der Waals surface area contributed by atoms with Crippen LogP contribution in [0.1, 0.15) is 41.5 Å². The van der Waals surface area contributed by atoms with Gasteiger partial charge < -0.3 is 10.6 Å². The zero-order valence-electron chi connectivity index (χ0n) is 13.2. The standard InChI is InChI=1S/C16H20N4OS/c1-10(15-9-17-20(4)11(15)2)18-16(22)19-14-7-5-13(6-8-14)12(3)21/h5-10H,1-4H3,(H2,18,19,22)/t10-/m0/s1. The smallest absolute Gasteiger partial charge is 0.171 e. The fourth-order valence-corrected chi connectivity index (χ4v) is 2.47. The van der Waals surface area contributed by atoms with Crippen LogP contribution in [0.15, 0.2) is 30.5 Å². The molecule has 0 aliphatic rings. The molecule has 0 fully saturated rings. The summed E-state index contributed by atoms with van der Waals surface area (Å²) in [6.07, 6.45) is 1.84. The third kappa shape index (κ3) is 3.71. The second-order valence-corrected chi connectivity index (χ2v) is 5.67. The van der Waals surface area contributed by atoms with Crippen LogP contribution in [0.4, 0.5) is 5.69 Å². The van der Waals surface area contributed by atoms with Crippen molar-refractivity contribution < 1.29 is 4.79 Å². The van der Waals surface area contributed by atoms with Crippen molar-refractivity contribution in [2.24, 2.45) is 7.05 Å². The molecular formula is C16H20N4OS. The predicted octanol–water partition coefficient (Wildman–Crippen LogP) is 2.98. The monoisotopic (exact) mass is 316 g/mol. The highest BCUT2D eigenvalue weighted by Crippen LogP contribution is 2.16. The van der Waals surface area contributed by atoms with Gasteiger partial charge in [0.25, 0.3) is 0 Å². The summed E-state index contributed by atoms with van der Waals surface area (Å²) >= 11 is 5.33. The van der Waals surface area contributed by atoms with Crippen molar-refractivity contribution in [1.29, 1.82) is 0 Å². The molecule has 2 N–H and O–H groups in total. The molecule has 5 nitrogen and oxygen atoms in total. The quantitative estimate of drug-likeness (QED) is 0.671. The van der Waals surface area contributed by atoms with Gasteiger partial charge in [-0.1, -0.05) is 0 Å². The third-order valence-corrected chi connectivity index (χ3v) is 3.86. The first-order valence-electron chi connectivity index (χ1n) is 7.05. The second-order valence-electron chi connectivity index (χ2n) is 5.26. The van der Waals surface area contributed by atoms with Crippen LogP contribution in [0, 0.1) is 6.92 Å². The maximum atomic E-state index is 11.2. The SMILES string of the molecule is CC(=O)c1ccc(NC(=S)N[C@@H](C)c2cnn(C)c2C)cc1. The number of aryl methyl sites for hydroxylation is 1. The lowest BCUT2D eigenvalue weighted by Gasteiger charge is -2.17. The number of hydrogen-bond acceptors (Lipinski definition) is 3. The average molecular weight is 316 g/mol. The molecule has 0 spiro atoms. The Morgan fingerprint density at radius 1 is 1.32 bits per heavy atom. The van der Waals surface area contributed by atoms with E-state index < -0.39 is 0 Å². The Morgan fingerprint density at radius 3 is 2.45 bits per heavy atom. The Balaban J connectivity index is 1.97. The molecule has 0 unspecified atom stereocenters. The molecule has 0 radical (unpaired) electrons. The number of ketones is 1. The lowest BCUT2D eigenvalue weighted by molar-refractivity contribution is 0.101. The normalized spacial score (nSPS) is 11.8. The van der Waals surface area contributed by atoms with Gasteiger partial charge in [-0.25, -0.2) is 0 Å². The Bertz CT molecular complexity index is 691. The molecule has 0 aliphatic heterocycles. The second kappa shape index (κ2) is 6.70. The van der Waals surface area contributed by atoms with E-state index in [-0.39, 0.29) is 11.8 Å². The van der Waals surface area contributed by atoms with E-state index in [9.17, 15) is 4.79 Å². The highest BCUT2D eigenvalue weighted by Gasteiger charge is 2.13. The van der Waals surface area contributed by atoms with E-state index in [1.807, 2.05) is 43.9 Å². The number of thiocarbonyl (C=S) groups is 1. The van der Waals surface area contributed by atoms with Gasteiger partial charge >= 0.3 is 0 Å². The van der Waals surface area contributed by atoms with Crippen LogP contribution < -0.4 is 10.6 Å². The molecule has 0 bridgehead atoms. The van der Waals surface area contributed by atoms with Crippen LogP contribution in [0.5, 0.6) is 0 Å². The molecule has 0 aliphatic carbocycles. The summed E-state index contributed by atoms with van der Waals surface area (Å²) in [7, 11) is 1.92. The molecule has 1 heterocycles. The summed E-state index contributed by atoms with van der Waals surface area (Å²) in [5.74, 6) is 0.0490. The summed E-state index contributed by atoms with van der Waals surface area (Å²) in [6.45, 7) is 5.61. The lowest BCUT2D eigenvalue weighted by Crippen LogP contribution is -2.31. The molecule has 1 aromatic carbocycles. The highest BCUT2D eigenvalue weighted by atomic mass is 32.1. The number of Topliss-reactive ketones (excluding diaryl/α,β-unsaturated/α-hetero) is 1. The predicted molar refractivity (Wildman–Crippen MR) is 92.2 cm³/mol. The molecule has 0 saturated heterocycles. The van der Waals surface area contributed by atoms with E-state index in [2.05, 4.69) is 15.7 Å². The van der Waals surface area contributed by atoms with Gasteiger partial charge in [0.1, 0.15) is 0 Å². The molecule has 0 saturated carbocycles. The lowest BCUT2D eigenvalue weighted by atomic mass is 10.1. The number of hydrogen-bond donors (Lipinski definition) is 2. The summed E-state index contributed by atoms with van der Waals surface area (Å²) in [6, 6.07) is 7.30. The molecule has 22 heavy (non-hydrogen) atoms. The Morgan fingerprint density at radius 2 is 1.95 bits per heavy atom. The topological polar surface area (TPSA) is 59.0 Å². The van der Waals surface area contributed by atoms with E-state index in [4.69, 9.17) is 12.2 Å². The molecule has 2 aromatic rings. The average Bonchev–Trinajstić information content (AvgIpc) is 2.79. The van der Waals surface area contributed by atoms with Crippen LogP contribution >= 0.6 is 12.2 Å². The van der Waals surface area contributed by atoms with E-state index in [0.717, 1.165) is 16.9 Å². The van der Waals surface area contributed by atoms with Crippen LogP contribution in [-0.4, -0.2) is 20.7 Å². The first-order valence-corrected chi connectivity index (χ1v) is 7.46. The van der Waals surface area contributed by atoms with Crippen LogP contribution in [0.25, 0.3) is 0 Å². The Labute approximate surface area is 135 Å². The van der Waals surface area contributed by atoms with Gasteiger partial charge in [0.2, 0.25) is 0 Å². The molecule has 2 rings (SSSR count). The zero-order chi connectivity index (χ0) is 16.3. The Kier molecular flexibility index (Phi) is 4.92. The Hall–Kier alpha value is -2.21. The summed E-state index contributed by atoms with van der Waals surface area (Å²) < 4.78 is 1.84. The summed E-state index contributed by atoms with van der Waals surface area (Å²) in [5, 5.41) is 11.1. The number of carbonyl (C=O) groups excluding carboxylic acids is 1. The number of aromatic nitrogens is 2. The molecule has 6 heteroatoms. The van der Waals surface area contributed by atoms with Crippen LogP contribution in [0.3, 0.4) is 0 Å². The molecule has 1 aromatic heterocycles. The van der Waals surface area contributed by atoms with Crippen molar-refractivity contribution in [3.05, 3.63) is 47.3 Å². The number of anilines is 1. The number of rotatable bonds is 4. The van der Waals surface area contributed by atoms with E-state index in [1.54, 1.807) is 19.1 Å². The summed E-state index contributed by atoms with van der Waals surface area (Å²) in [4.78, 5) is 11.2. The minimum atomic E-state index is 0.0490. The first-order chi connectivity index (χ1) is 10.4. The van der Waals surface area contributed by atoms with E-state index >= 15 is 0 Å². The maximum absolute atomic E-state index is 11.2. The van der Waals surface area contributed by atoms with Crippen molar-refractivity contribution in [2.75, 3.05) is 5.32 Å². The largest absolute Gasteiger partial charge is 0.356 e. The van der Waals surface area contributed by atoms with Crippen molar-refractivity contribution in [3.8, 4) is 0 Å². The molecule has 116 valence electrons. The first kappa shape index (κ1) is 16.2. The number of nitrogens with zero attached hydrogens (tertiary/aromatic N) is 2. The van der Waals surface area contributed by atoms with Gasteiger partial charge in [-0.3, -0.25) is 9.48 Å². The van der Waals surface area contributed by atoms with Crippen molar-refractivity contribution in [3.63, 3.8) is 0 Å². The van der Waals surface area contributed by atoms with Gasteiger partial charge in [-0.05, 0) is 57.3 Å². The van der Waals surface area contributed by atoms with Gasteiger partial charge in [-0.15, -0.1) is 0 Å². The fourth-order valence-electron chi connectivity index (χ4n) is 2.17. The van der Waals surface area contributed by atoms with Crippen molar-refractivity contribution >= 4 is 28.8 Å². The number of nitrogens with one attached hydrogen (secondary N) is 2. The zero-order valence-corrected chi connectivity index (χ0v) is 14.0. The summed E-state index contributed by atoms with van der Waals surface area (Å²) in [5.41, 5.74) is 3.74. The molecule has 0 amide bonds. The minimum Gasteiger partial charge on any atom is -0.356 e. The van der Waals surface area contributed by atoms with Gasteiger partial charge in [0.05, 0.1) is 12.2 Å². The maximum Gasteiger partial charge on any atom is 0.171 e. The van der Waals surface area contributed by atoms with Crippen molar-refractivity contribution in [1.82, 2.24) is 15.1 Å². The third-order valence-electron chi connectivity index (χ3n) is 3.64. The number of benzene rings is 1. The van der Waals surface area contributed by atoms with Gasteiger partial charge in [-0.2, -0.15) is 5.10 Å². The van der Waals surface area contributed by atoms with Crippen LogP contribution in [0.2, 0.25) is 0 Å². The highest BCUT2D eigenvalue weighted by molar-refractivity contribution is 7.80. The van der Waals surface area contributed by atoms with E-state index in [1.165, 1.54) is 0 Å². The van der Waals surface area contributed by atoms with E-state index in [0.29, 0.717) is 10.7 Å². The van der Waals surface area contributed by atoms with Gasteiger partial charge in [0.15, 0.2) is 10.9 Å². The van der Waals surface area contributed by atoms with Gasteiger partial charge in [0, 0.05) is 29.6 Å². The molecule has 1 atom stereocenters. The van der Waals surface area contributed by atoms with Crippen molar-refractivity contribution in [2.45, 2.75) is 26.8 Å².